The molecule has 0 spiro atoms. The number of hydrogen-bond acceptors (Lipinski definition) is 3. The molecule has 0 aliphatic rings. The Morgan fingerprint density at radius 1 is 1.00 bits per heavy atom. The van der Waals surface area contributed by atoms with Crippen molar-refractivity contribution in [2.24, 2.45) is 0 Å². The van der Waals surface area contributed by atoms with Crippen molar-refractivity contribution in [2.75, 3.05) is 5.32 Å². The molecular formula is C15H17N3O. The van der Waals surface area contributed by atoms with Crippen molar-refractivity contribution in [3.63, 3.8) is 0 Å². The molecule has 0 saturated heterocycles. The summed E-state index contributed by atoms with van der Waals surface area (Å²) in [5.74, 6) is -0.159. The lowest BCUT2D eigenvalue weighted by molar-refractivity contribution is 0.102. The molecule has 0 unspecified atom stereocenters. The fourth-order valence-electron chi connectivity index (χ4n) is 2.11. The van der Waals surface area contributed by atoms with Gasteiger partial charge in [0.2, 0.25) is 0 Å². The number of aryl methyl sites for hydroxylation is 4. The lowest BCUT2D eigenvalue weighted by atomic mass is 10.1. The van der Waals surface area contributed by atoms with E-state index < -0.39 is 0 Å². The first-order valence-corrected chi connectivity index (χ1v) is 6.16. The highest BCUT2D eigenvalue weighted by Crippen LogP contribution is 2.21. The van der Waals surface area contributed by atoms with Crippen molar-refractivity contribution in [3.05, 3.63) is 52.6 Å². The lowest BCUT2D eigenvalue weighted by Crippen LogP contribution is -2.17. The summed E-state index contributed by atoms with van der Waals surface area (Å²) in [5, 5.41) is 2.96. The standard InChI is InChI=1S/C15H17N3O/c1-9-6-5-7-10(2)14(9)18-15(19)13-11(3)16-8-17-12(13)4/h5-8H,1-4H3,(H,18,19). The van der Waals surface area contributed by atoms with Crippen LogP contribution >= 0.6 is 0 Å². The summed E-state index contributed by atoms with van der Waals surface area (Å²) in [5.41, 5.74) is 4.87. The third-order valence-electron chi connectivity index (χ3n) is 3.17. The van der Waals surface area contributed by atoms with Crippen molar-refractivity contribution in [3.8, 4) is 0 Å². The average molecular weight is 255 g/mol. The van der Waals surface area contributed by atoms with Gasteiger partial charge in [-0.1, -0.05) is 18.2 Å². The zero-order chi connectivity index (χ0) is 14.0. The number of hydrogen-bond donors (Lipinski definition) is 1. The van der Waals surface area contributed by atoms with E-state index in [9.17, 15) is 4.79 Å². The summed E-state index contributed by atoms with van der Waals surface area (Å²) in [6, 6.07) is 5.93. The van der Waals surface area contributed by atoms with E-state index >= 15 is 0 Å². The summed E-state index contributed by atoms with van der Waals surface area (Å²) in [6.07, 6.45) is 1.47. The van der Waals surface area contributed by atoms with Crippen molar-refractivity contribution in [1.29, 1.82) is 0 Å². The maximum atomic E-state index is 12.4. The number of benzene rings is 1. The molecule has 0 radical (unpaired) electrons. The van der Waals surface area contributed by atoms with E-state index in [0.29, 0.717) is 17.0 Å². The third-order valence-corrected chi connectivity index (χ3v) is 3.17. The number of amides is 1. The molecule has 0 atom stereocenters. The normalized spacial score (nSPS) is 10.3. The van der Waals surface area contributed by atoms with E-state index in [1.807, 2.05) is 45.9 Å². The molecule has 19 heavy (non-hydrogen) atoms. The van der Waals surface area contributed by atoms with Crippen molar-refractivity contribution in [2.45, 2.75) is 27.7 Å². The maximum absolute atomic E-state index is 12.4. The van der Waals surface area contributed by atoms with Gasteiger partial charge in [0.15, 0.2) is 0 Å². The van der Waals surface area contributed by atoms with Crippen LogP contribution in [0.25, 0.3) is 0 Å². The average Bonchev–Trinajstić information content (AvgIpc) is 2.34. The molecule has 2 aromatic rings. The van der Waals surface area contributed by atoms with Crippen LogP contribution in [-0.2, 0) is 0 Å². The molecule has 0 fully saturated rings. The van der Waals surface area contributed by atoms with Gasteiger partial charge in [-0.15, -0.1) is 0 Å². The van der Waals surface area contributed by atoms with Gasteiger partial charge < -0.3 is 5.32 Å². The number of anilines is 1. The van der Waals surface area contributed by atoms with E-state index in [1.165, 1.54) is 6.33 Å². The van der Waals surface area contributed by atoms with Crippen molar-refractivity contribution >= 4 is 11.6 Å². The fourth-order valence-corrected chi connectivity index (χ4v) is 2.11. The van der Waals surface area contributed by atoms with E-state index in [1.54, 1.807) is 0 Å². The zero-order valence-electron chi connectivity index (χ0n) is 11.6. The van der Waals surface area contributed by atoms with E-state index in [0.717, 1.165) is 16.8 Å². The summed E-state index contributed by atoms with van der Waals surface area (Å²) < 4.78 is 0. The van der Waals surface area contributed by atoms with Crippen LogP contribution in [0.2, 0.25) is 0 Å². The minimum absolute atomic E-state index is 0.159. The summed E-state index contributed by atoms with van der Waals surface area (Å²) in [7, 11) is 0. The monoisotopic (exact) mass is 255 g/mol. The number of nitrogens with zero attached hydrogens (tertiary/aromatic N) is 2. The van der Waals surface area contributed by atoms with Crippen molar-refractivity contribution in [1.82, 2.24) is 9.97 Å². The Morgan fingerprint density at radius 3 is 2.05 bits per heavy atom. The Hall–Kier alpha value is -2.23. The first-order chi connectivity index (χ1) is 9.00. The minimum Gasteiger partial charge on any atom is -0.321 e. The Bertz CT molecular complexity index is 595. The SMILES string of the molecule is Cc1cccc(C)c1NC(=O)c1c(C)ncnc1C. The number of aromatic nitrogens is 2. The van der Waals surface area contributed by atoms with Crippen LogP contribution in [0, 0.1) is 27.7 Å². The number of nitrogens with one attached hydrogen (secondary N) is 1. The molecule has 4 heteroatoms. The minimum atomic E-state index is -0.159. The van der Waals surface area contributed by atoms with Gasteiger partial charge >= 0.3 is 0 Å². The van der Waals surface area contributed by atoms with Gasteiger partial charge in [0.05, 0.1) is 17.0 Å². The first-order valence-electron chi connectivity index (χ1n) is 6.16. The molecule has 0 aliphatic carbocycles. The highest BCUT2D eigenvalue weighted by Gasteiger charge is 2.15. The Labute approximate surface area is 112 Å². The molecule has 4 nitrogen and oxygen atoms in total. The first kappa shape index (κ1) is 13.2. The smallest absolute Gasteiger partial charge is 0.259 e. The summed E-state index contributed by atoms with van der Waals surface area (Å²) in [6.45, 7) is 7.58. The molecule has 1 aromatic heterocycles. The number of carbonyl (C=O) groups is 1. The van der Waals surface area contributed by atoms with Crippen LogP contribution in [0.3, 0.4) is 0 Å². The van der Waals surface area contributed by atoms with Crippen LogP contribution in [0.5, 0.6) is 0 Å². The van der Waals surface area contributed by atoms with E-state index in [2.05, 4.69) is 15.3 Å². The van der Waals surface area contributed by atoms with Gasteiger partial charge in [-0.3, -0.25) is 4.79 Å². The predicted octanol–water partition coefficient (Wildman–Crippen LogP) is 2.96. The van der Waals surface area contributed by atoms with Gasteiger partial charge in [-0.2, -0.15) is 0 Å². The second-order valence-corrected chi connectivity index (χ2v) is 4.64. The maximum Gasteiger partial charge on any atom is 0.259 e. The molecule has 1 amide bonds. The molecule has 0 aliphatic heterocycles. The summed E-state index contributed by atoms with van der Waals surface area (Å²) >= 11 is 0. The van der Waals surface area contributed by atoms with Crippen LogP contribution in [0.1, 0.15) is 32.9 Å². The number of para-hydroxylation sites is 1. The lowest BCUT2D eigenvalue weighted by Gasteiger charge is -2.13. The van der Waals surface area contributed by atoms with E-state index in [-0.39, 0.29) is 5.91 Å². The Morgan fingerprint density at radius 2 is 1.53 bits per heavy atom. The van der Waals surface area contributed by atoms with E-state index in [4.69, 9.17) is 0 Å². The van der Waals surface area contributed by atoms with Crippen LogP contribution in [0.15, 0.2) is 24.5 Å². The molecule has 1 heterocycles. The van der Waals surface area contributed by atoms with Gasteiger partial charge in [0.25, 0.3) is 5.91 Å². The van der Waals surface area contributed by atoms with Crippen LogP contribution in [0.4, 0.5) is 5.69 Å². The Kier molecular flexibility index (Phi) is 3.60. The van der Waals surface area contributed by atoms with Gasteiger partial charge in [0, 0.05) is 5.69 Å². The summed E-state index contributed by atoms with van der Waals surface area (Å²) in [4.78, 5) is 20.5. The predicted molar refractivity (Wildman–Crippen MR) is 75.4 cm³/mol. The molecule has 2 rings (SSSR count). The van der Waals surface area contributed by atoms with Crippen LogP contribution < -0.4 is 5.32 Å². The molecule has 0 saturated carbocycles. The van der Waals surface area contributed by atoms with Crippen LogP contribution in [-0.4, -0.2) is 15.9 Å². The molecule has 98 valence electrons. The number of carbonyl (C=O) groups excluding carboxylic acids is 1. The van der Waals surface area contributed by atoms with Gasteiger partial charge in [0.1, 0.15) is 6.33 Å². The third kappa shape index (κ3) is 2.62. The molecular weight excluding hydrogens is 238 g/mol. The second-order valence-electron chi connectivity index (χ2n) is 4.64. The highest BCUT2D eigenvalue weighted by molar-refractivity contribution is 6.06. The zero-order valence-corrected chi connectivity index (χ0v) is 11.6. The molecule has 0 bridgehead atoms. The number of rotatable bonds is 2. The Balaban J connectivity index is 2.37. The highest BCUT2D eigenvalue weighted by atomic mass is 16.1. The second kappa shape index (κ2) is 5.18. The topological polar surface area (TPSA) is 54.9 Å². The van der Waals surface area contributed by atoms with Gasteiger partial charge in [-0.05, 0) is 38.8 Å². The fraction of sp³-hybridized carbons (Fsp3) is 0.267. The van der Waals surface area contributed by atoms with Crippen molar-refractivity contribution < 1.29 is 4.79 Å². The molecule has 1 N–H and O–H groups in total. The quantitative estimate of drug-likeness (QED) is 0.897. The largest absolute Gasteiger partial charge is 0.321 e. The van der Waals surface area contributed by atoms with Gasteiger partial charge in [-0.25, -0.2) is 9.97 Å². The molecule has 1 aromatic carbocycles.